The number of hydrogen-bond donors (Lipinski definition) is 2. The van der Waals surface area contributed by atoms with Gasteiger partial charge in [0.2, 0.25) is 0 Å². The second kappa shape index (κ2) is 9.44. The van der Waals surface area contributed by atoms with Gasteiger partial charge < -0.3 is 19.8 Å². The maximum Gasteiger partial charge on any atom is 0.269 e. The maximum atomic E-state index is 12.8. The Hall–Kier alpha value is -4.33. The van der Waals surface area contributed by atoms with Crippen LogP contribution in [0.1, 0.15) is 27.4 Å². The summed E-state index contributed by atoms with van der Waals surface area (Å²) in [6.45, 7) is 0.279. The van der Waals surface area contributed by atoms with E-state index in [1.807, 2.05) is 48.7 Å². The monoisotopic (exact) mass is 445 g/mol. The molecule has 0 aliphatic rings. The molecule has 1 amide bonds. The number of hydrogen-bond acceptors (Lipinski definition) is 5. The van der Waals surface area contributed by atoms with Crippen LogP contribution in [0.5, 0.6) is 11.5 Å². The Morgan fingerprint density at radius 3 is 2.45 bits per heavy atom. The van der Waals surface area contributed by atoms with Gasteiger partial charge in [-0.05, 0) is 29.8 Å². The van der Waals surface area contributed by atoms with Gasteiger partial charge in [0.15, 0.2) is 11.5 Å². The highest BCUT2D eigenvalue weighted by molar-refractivity contribution is 5.94. The van der Waals surface area contributed by atoms with Gasteiger partial charge in [0.1, 0.15) is 0 Å². The van der Waals surface area contributed by atoms with Gasteiger partial charge in [-0.15, -0.1) is 0 Å². The molecule has 1 atom stereocenters. The first-order valence-corrected chi connectivity index (χ1v) is 10.3. The highest BCUT2D eigenvalue weighted by atomic mass is 16.6. The highest BCUT2D eigenvalue weighted by Gasteiger charge is 2.24. The van der Waals surface area contributed by atoms with Crippen molar-refractivity contribution in [2.45, 2.75) is 5.92 Å². The van der Waals surface area contributed by atoms with Gasteiger partial charge >= 0.3 is 0 Å². The van der Waals surface area contributed by atoms with Crippen molar-refractivity contribution in [1.82, 2.24) is 10.3 Å². The molecule has 8 heteroatoms. The average molecular weight is 445 g/mol. The number of H-pyrrole nitrogens is 1. The summed E-state index contributed by atoms with van der Waals surface area (Å²) in [6, 6.07) is 19.1. The third kappa shape index (κ3) is 4.36. The first-order valence-electron chi connectivity index (χ1n) is 10.3. The van der Waals surface area contributed by atoms with Gasteiger partial charge in [-0.2, -0.15) is 0 Å². The van der Waals surface area contributed by atoms with Crippen molar-refractivity contribution >= 4 is 22.5 Å². The summed E-state index contributed by atoms with van der Waals surface area (Å²) >= 11 is 0. The molecule has 1 heterocycles. The Morgan fingerprint density at radius 1 is 1.00 bits per heavy atom. The molecule has 3 aromatic carbocycles. The molecule has 8 nitrogen and oxygen atoms in total. The molecule has 1 unspecified atom stereocenters. The fourth-order valence-corrected chi connectivity index (χ4v) is 3.99. The van der Waals surface area contributed by atoms with E-state index in [2.05, 4.69) is 10.3 Å². The predicted octanol–water partition coefficient (Wildman–Crippen LogP) is 4.66. The van der Waals surface area contributed by atoms with Gasteiger partial charge in [0.05, 0.1) is 19.1 Å². The fraction of sp³-hybridized carbons (Fsp3) is 0.160. The average Bonchev–Trinajstić information content (AvgIpc) is 3.27. The Bertz CT molecular complexity index is 1300. The van der Waals surface area contributed by atoms with E-state index in [4.69, 9.17) is 9.47 Å². The number of para-hydroxylation sites is 2. The van der Waals surface area contributed by atoms with Crippen LogP contribution in [0.4, 0.5) is 5.69 Å². The lowest BCUT2D eigenvalue weighted by Gasteiger charge is -2.22. The molecule has 0 aliphatic heterocycles. The number of amides is 1. The number of rotatable bonds is 8. The molecule has 0 fully saturated rings. The van der Waals surface area contributed by atoms with Crippen molar-refractivity contribution in [3.05, 3.63) is 99.7 Å². The predicted molar refractivity (Wildman–Crippen MR) is 125 cm³/mol. The molecule has 2 N–H and O–H groups in total. The Kier molecular flexibility index (Phi) is 6.26. The largest absolute Gasteiger partial charge is 0.493 e. The lowest BCUT2D eigenvalue weighted by Crippen LogP contribution is -2.29. The van der Waals surface area contributed by atoms with Crippen LogP contribution < -0.4 is 14.8 Å². The van der Waals surface area contributed by atoms with Crippen LogP contribution in [0.25, 0.3) is 10.9 Å². The third-order valence-corrected chi connectivity index (χ3v) is 5.61. The summed E-state index contributed by atoms with van der Waals surface area (Å²) in [7, 11) is 3.17. The zero-order chi connectivity index (χ0) is 23.4. The van der Waals surface area contributed by atoms with Crippen LogP contribution >= 0.6 is 0 Å². The minimum absolute atomic E-state index is 0.0654. The van der Waals surface area contributed by atoms with Crippen molar-refractivity contribution in [1.29, 1.82) is 0 Å². The molecule has 0 saturated carbocycles. The molecule has 168 valence electrons. The van der Waals surface area contributed by atoms with Gasteiger partial charge in [-0.1, -0.05) is 30.3 Å². The van der Waals surface area contributed by atoms with Gasteiger partial charge in [0, 0.05) is 52.8 Å². The first-order chi connectivity index (χ1) is 16.0. The van der Waals surface area contributed by atoms with Crippen molar-refractivity contribution in [2.75, 3.05) is 20.8 Å². The number of nitrogens with one attached hydrogen (secondary N) is 2. The van der Waals surface area contributed by atoms with E-state index < -0.39 is 4.92 Å². The number of methoxy groups -OCH3 is 2. The number of benzene rings is 3. The third-order valence-electron chi connectivity index (χ3n) is 5.61. The molecule has 0 saturated heterocycles. The van der Waals surface area contributed by atoms with Crippen molar-refractivity contribution in [3.8, 4) is 11.5 Å². The molecule has 0 aliphatic carbocycles. The van der Waals surface area contributed by atoms with E-state index >= 15 is 0 Å². The molecule has 4 rings (SSSR count). The number of fused-ring (bicyclic) bond motifs is 1. The van der Waals surface area contributed by atoms with Crippen LogP contribution in [0, 0.1) is 10.1 Å². The number of aromatic nitrogens is 1. The first kappa shape index (κ1) is 21.9. The number of nitro groups is 1. The molecular weight excluding hydrogens is 422 g/mol. The molecule has 0 bridgehead atoms. The summed E-state index contributed by atoms with van der Waals surface area (Å²) in [5.41, 5.74) is 3.13. The Balaban J connectivity index is 1.70. The number of ether oxygens (including phenoxy) is 2. The SMILES string of the molecule is COc1cccc(C(CNC(=O)c2ccc([N+](=O)[O-])cc2)c2c[nH]c3ccccc23)c1OC. The van der Waals surface area contributed by atoms with Crippen molar-refractivity contribution in [3.63, 3.8) is 0 Å². The molecule has 4 aromatic rings. The number of carbonyl (C=O) groups excluding carboxylic acids is 1. The molecule has 1 aromatic heterocycles. The van der Waals surface area contributed by atoms with E-state index in [0.717, 1.165) is 22.0 Å². The van der Waals surface area contributed by atoms with E-state index in [-0.39, 0.29) is 24.1 Å². The van der Waals surface area contributed by atoms with Crippen LogP contribution in [0.2, 0.25) is 0 Å². The van der Waals surface area contributed by atoms with E-state index in [1.54, 1.807) is 14.2 Å². The number of carbonyl (C=O) groups is 1. The van der Waals surface area contributed by atoms with Gasteiger partial charge in [-0.25, -0.2) is 0 Å². The number of nitro benzene ring substituents is 1. The summed E-state index contributed by atoms with van der Waals surface area (Å²) in [5, 5.41) is 14.9. The maximum absolute atomic E-state index is 12.8. The summed E-state index contributed by atoms with van der Waals surface area (Å²) < 4.78 is 11.2. The minimum Gasteiger partial charge on any atom is -0.493 e. The lowest BCUT2D eigenvalue weighted by molar-refractivity contribution is -0.384. The Morgan fingerprint density at radius 2 is 1.76 bits per heavy atom. The van der Waals surface area contributed by atoms with Crippen LogP contribution in [-0.2, 0) is 0 Å². The standard InChI is InChI=1S/C25H23N3O5/c1-32-23-9-5-7-19(24(23)33-2)21(20-14-26-22-8-4-3-6-18(20)22)15-27-25(29)16-10-12-17(13-11-16)28(30)31/h3-14,21,26H,15H2,1-2H3,(H,27,29). The van der Waals surface area contributed by atoms with Crippen molar-refractivity contribution < 1.29 is 19.2 Å². The second-order valence-electron chi connectivity index (χ2n) is 7.44. The van der Waals surface area contributed by atoms with Crippen LogP contribution in [0.15, 0.2) is 72.9 Å². The van der Waals surface area contributed by atoms with Crippen LogP contribution in [0.3, 0.4) is 0 Å². The zero-order valence-electron chi connectivity index (χ0n) is 18.2. The highest BCUT2D eigenvalue weighted by Crippen LogP contribution is 2.40. The van der Waals surface area contributed by atoms with E-state index in [0.29, 0.717) is 17.1 Å². The summed E-state index contributed by atoms with van der Waals surface area (Å²) in [5.74, 6) is 0.631. The molecule has 0 radical (unpaired) electrons. The van der Waals surface area contributed by atoms with E-state index in [1.165, 1.54) is 24.3 Å². The smallest absolute Gasteiger partial charge is 0.269 e. The molecule has 0 spiro atoms. The zero-order valence-corrected chi connectivity index (χ0v) is 18.2. The number of non-ortho nitro benzene ring substituents is 1. The summed E-state index contributed by atoms with van der Waals surface area (Å²) in [4.78, 5) is 26.5. The van der Waals surface area contributed by atoms with E-state index in [9.17, 15) is 14.9 Å². The fourth-order valence-electron chi connectivity index (χ4n) is 3.99. The normalized spacial score (nSPS) is 11.7. The molecular formula is C25H23N3O5. The van der Waals surface area contributed by atoms with Crippen LogP contribution in [-0.4, -0.2) is 36.6 Å². The van der Waals surface area contributed by atoms with Gasteiger partial charge in [-0.3, -0.25) is 14.9 Å². The van der Waals surface area contributed by atoms with Crippen molar-refractivity contribution in [2.24, 2.45) is 0 Å². The lowest BCUT2D eigenvalue weighted by atomic mass is 9.89. The number of aromatic amines is 1. The number of nitrogens with zero attached hydrogens (tertiary/aromatic N) is 1. The Labute approximate surface area is 190 Å². The summed E-state index contributed by atoms with van der Waals surface area (Å²) in [6.07, 6.45) is 1.94. The minimum atomic E-state index is -0.496. The quantitative estimate of drug-likeness (QED) is 0.303. The molecule has 33 heavy (non-hydrogen) atoms. The van der Waals surface area contributed by atoms with Gasteiger partial charge in [0.25, 0.3) is 11.6 Å². The topological polar surface area (TPSA) is 106 Å². The second-order valence-corrected chi connectivity index (χ2v) is 7.44.